The zero-order valence-electron chi connectivity index (χ0n) is 14.7. The highest BCUT2D eigenvalue weighted by atomic mass is 19.1. The summed E-state index contributed by atoms with van der Waals surface area (Å²) in [4.78, 5) is 1.81. The molecule has 2 aromatic carbocycles. The van der Waals surface area contributed by atoms with Crippen molar-refractivity contribution in [3.8, 4) is 0 Å². The highest BCUT2D eigenvalue weighted by Gasteiger charge is 2.15. The number of aryl methyl sites for hydroxylation is 1. The number of hydrogen-bond acceptors (Lipinski definition) is 3. The Morgan fingerprint density at radius 3 is 2.46 bits per heavy atom. The number of aromatic nitrogens is 3. The molecule has 4 rings (SSSR count). The first kappa shape index (κ1) is 16.9. The number of nitrogens with one attached hydrogen (secondary N) is 1. The average Bonchev–Trinajstić information content (AvgIpc) is 3.09. The average molecular weight is 350 g/mol. The van der Waals surface area contributed by atoms with Gasteiger partial charge in [0.05, 0.1) is 6.54 Å². The van der Waals surface area contributed by atoms with Gasteiger partial charge in [-0.3, -0.25) is 0 Å². The zero-order valence-corrected chi connectivity index (χ0v) is 14.7. The Labute approximate surface area is 152 Å². The van der Waals surface area contributed by atoms with E-state index < -0.39 is 0 Å². The minimum absolute atomic E-state index is 0.181. The maximum Gasteiger partial charge on any atom is 0.123 e. The molecule has 2 heterocycles. The number of nitrogens with zero attached hydrogens (tertiary/aromatic N) is 3. The van der Waals surface area contributed by atoms with Gasteiger partial charge >= 0.3 is 0 Å². The predicted molar refractivity (Wildman–Crippen MR) is 102 cm³/mol. The van der Waals surface area contributed by atoms with Crippen molar-refractivity contribution in [2.45, 2.75) is 38.3 Å². The number of hydrogen-bond donors (Lipinski definition) is 1. The van der Waals surface area contributed by atoms with Crippen LogP contribution in [0.2, 0.25) is 0 Å². The highest BCUT2D eigenvalue weighted by Crippen LogP contribution is 2.24. The zero-order chi connectivity index (χ0) is 17.8. The van der Waals surface area contributed by atoms with Crippen LogP contribution >= 0.6 is 0 Å². The first-order valence-corrected chi connectivity index (χ1v) is 9.26. The van der Waals surface area contributed by atoms with E-state index in [9.17, 15) is 4.39 Å². The molecule has 1 aromatic heterocycles. The Hall–Kier alpha value is -2.53. The molecule has 0 aliphatic carbocycles. The Morgan fingerprint density at radius 2 is 1.73 bits per heavy atom. The van der Waals surface area contributed by atoms with Crippen LogP contribution in [0.4, 0.5) is 4.39 Å². The Morgan fingerprint density at radius 1 is 1.00 bits per heavy atom. The summed E-state index contributed by atoms with van der Waals surface area (Å²) in [5.74, 6) is -0.181. The molecule has 1 aliphatic rings. The maximum absolute atomic E-state index is 13.1. The van der Waals surface area contributed by atoms with Crippen LogP contribution in [0.25, 0.3) is 16.6 Å². The second-order valence-corrected chi connectivity index (χ2v) is 6.83. The number of benzene rings is 2. The lowest BCUT2D eigenvalue weighted by Crippen LogP contribution is -2.32. The lowest BCUT2D eigenvalue weighted by molar-refractivity contribution is 0.442. The minimum Gasteiger partial charge on any atom is -0.310 e. The third-order valence-corrected chi connectivity index (χ3v) is 4.93. The van der Waals surface area contributed by atoms with Crippen LogP contribution < -0.4 is 5.32 Å². The number of rotatable bonds is 6. The second-order valence-electron chi connectivity index (χ2n) is 6.83. The molecule has 1 unspecified atom stereocenters. The molecule has 1 aliphatic heterocycles. The summed E-state index contributed by atoms with van der Waals surface area (Å²) >= 11 is 0. The van der Waals surface area contributed by atoms with Gasteiger partial charge in [-0.15, -0.1) is 0 Å². The molecule has 0 radical (unpaired) electrons. The van der Waals surface area contributed by atoms with Crippen molar-refractivity contribution in [1.29, 1.82) is 0 Å². The van der Waals surface area contributed by atoms with Gasteiger partial charge in [-0.1, -0.05) is 30.3 Å². The van der Waals surface area contributed by atoms with Gasteiger partial charge in [-0.25, -0.2) is 4.39 Å². The molecule has 1 N–H and O–H groups in total. The van der Waals surface area contributed by atoms with E-state index in [-0.39, 0.29) is 5.82 Å². The van der Waals surface area contributed by atoms with Crippen molar-refractivity contribution in [2.75, 3.05) is 6.54 Å². The van der Waals surface area contributed by atoms with E-state index in [1.54, 1.807) is 0 Å². The predicted octanol–water partition coefficient (Wildman–Crippen LogP) is 4.19. The normalized spacial score (nSPS) is 17.4. The fourth-order valence-corrected chi connectivity index (χ4v) is 3.52. The maximum atomic E-state index is 13.1. The molecule has 0 saturated carbocycles. The highest BCUT2D eigenvalue weighted by molar-refractivity contribution is 5.72. The molecular weight excluding hydrogens is 327 g/mol. The molecule has 134 valence electrons. The molecular formula is C21H23FN4. The largest absolute Gasteiger partial charge is 0.310 e. The molecule has 5 heteroatoms. The van der Waals surface area contributed by atoms with Crippen LogP contribution in [-0.4, -0.2) is 27.6 Å². The molecule has 0 bridgehead atoms. The van der Waals surface area contributed by atoms with Crippen molar-refractivity contribution in [3.05, 3.63) is 66.0 Å². The SMILES string of the molecule is Fc1ccc(C2=CCNC(CCCCn3nc4ccccc4n3)C2)cc1. The molecule has 26 heavy (non-hydrogen) atoms. The van der Waals surface area contributed by atoms with E-state index >= 15 is 0 Å². The van der Waals surface area contributed by atoms with E-state index in [1.165, 1.54) is 17.7 Å². The minimum atomic E-state index is -0.181. The van der Waals surface area contributed by atoms with Gasteiger partial charge in [0, 0.05) is 12.6 Å². The van der Waals surface area contributed by atoms with Gasteiger partial charge in [0.2, 0.25) is 0 Å². The standard InChI is InChI=1S/C21H23FN4/c22-18-10-8-16(9-11-18)17-12-13-23-19(15-17)5-3-4-14-26-24-20-6-1-2-7-21(20)25-26/h1-2,6-12,19,23H,3-5,13-15H2. The lowest BCUT2D eigenvalue weighted by atomic mass is 9.93. The molecule has 4 nitrogen and oxygen atoms in total. The monoisotopic (exact) mass is 350 g/mol. The summed E-state index contributed by atoms with van der Waals surface area (Å²) in [6.07, 6.45) is 6.53. The summed E-state index contributed by atoms with van der Waals surface area (Å²) in [6.45, 7) is 1.73. The van der Waals surface area contributed by atoms with Crippen LogP contribution in [0.15, 0.2) is 54.6 Å². The van der Waals surface area contributed by atoms with E-state index in [1.807, 2.05) is 41.2 Å². The molecule has 0 fully saturated rings. The molecule has 3 aromatic rings. The van der Waals surface area contributed by atoms with Gasteiger partial charge in [0.1, 0.15) is 16.9 Å². The third-order valence-electron chi connectivity index (χ3n) is 4.93. The summed E-state index contributed by atoms with van der Waals surface area (Å²) in [6, 6.07) is 15.3. The molecule has 0 amide bonds. The number of halogens is 1. The Balaban J connectivity index is 1.26. The second kappa shape index (κ2) is 7.79. The Kier molecular flexibility index (Phi) is 5.07. The van der Waals surface area contributed by atoms with Gasteiger partial charge in [0.15, 0.2) is 0 Å². The van der Waals surface area contributed by atoms with Crippen LogP contribution in [0.1, 0.15) is 31.2 Å². The van der Waals surface area contributed by atoms with Crippen molar-refractivity contribution >= 4 is 16.6 Å². The summed E-state index contributed by atoms with van der Waals surface area (Å²) in [5.41, 5.74) is 4.35. The summed E-state index contributed by atoms with van der Waals surface area (Å²) in [5, 5.41) is 12.6. The van der Waals surface area contributed by atoms with Gasteiger partial charge in [0.25, 0.3) is 0 Å². The molecule has 1 atom stereocenters. The van der Waals surface area contributed by atoms with Crippen molar-refractivity contribution < 1.29 is 4.39 Å². The van der Waals surface area contributed by atoms with Crippen LogP contribution in [0.3, 0.4) is 0 Å². The van der Waals surface area contributed by atoms with Crippen molar-refractivity contribution in [2.24, 2.45) is 0 Å². The van der Waals surface area contributed by atoms with Crippen LogP contribution in [-0.2, 0) is 6.54 Å². The fourth-order valence-electron chi connectivity index (χ4n) is 3.52. The summed E-state index contributed by atoms with van der Waals surface area (Å²) < 4.78 is 13.1. The van der Waals surface area contributed by atoms with E-state index in [0.29, 0.717) is 6.04 Å². The van der Waals surface area contributed by atoms with Crippen LogP contribution in [0, 0.1) is 5.82 Å². The smallest absolute Gasteiger partial charge is 0.123 e. The van der Waals surface area contributed by atoms with E-state index in [2.05, 4.69) is 21.6 Å². The van der Waals surface area contributed by atoms with Gasteiger partial charge in [-0.05, 0) is 61.1 Å². The van der Waals surface area contributed by atoms with Gasteiger partial charge < -0.3 is 5.32 Å². The topological polar surface area (TPSA) is 42.7 Å². The fraction of sp³-hybridized carbons (Fsp3) is 0.333. The Bertz CT molecular complexity index is 865. The third kappa shape index (κ3) is 3.99. The first-order valence-electron chi connectivity index (χ1n) is 9.26. The van der Waals surface area contributed by atoms with E-state index in [4.69, 9.17) is 0 Å². The van der Waals surface area contributed by atoms with Crippen molar-refractivity contribution in [3.63, 3.8) is 0 Å². The quantitative estimate of drug-likeness (QED) is 0.678. The number of unbranched alkanes of at least 4 members (excludes halogenated alkanes) is 1. The lowest BCUT2D eigenvalue weighted by Gasteiger charge is -2.24. The first-order chi connectivity index (χ1) is 12.8. The molecule has 0 saturated heterocycles. The summed E-state index contributed by atoms with van der Waals surface area (Å²) in [7, 11) is 0. The van der Waals surface area contributed by atoms with E-state index in [0.717, 1.165) is 55.4 Å². The van der Waals surface area contributed by atoms with Crippen molar-refractivity contribution in [1.82, 2.24) is 20.3 Å². The molecule has 0 spiro atoms. The van der Waals surface area contributed by atoms with Crippen LogP contribution in [0.5, 0.6) is 0 Å². The van der Waals surface area contributed by atoms with Gasteiger partial charge in [-0.2, -0.15) is 15.0 Å². The number of fused-ring (bicyclic) bond motifs is 1.